The van der Waals surface area contributed by atoms with Crippen LogP contribution in [-0.2, 0) is 0 Å². The molecule has 192 valence electrons. The zero-order chi connectivity index (χ0) is 27.4. The lowest BCUT2D eigenvalue weighted by molar-refractivity contribution is 0.0807. The van der Waals surface area contributed by atoms with E-state index in [1.165, 1.54) is 64.8 Å². The van der Waals surface area contributed by atoms with E-state index in [1.807, 2.05) is 0 Å². The summed E-state index contributed by atoms with van der Waals surface area (Å²) in [6.45, 7) is 0. The highest BCUT2D eigenvalue weighted by Crippen LogP contribution is 2.42. The van der Waals surface area contributed by atoms with Gasteiger partial charge in [0.15, 0.2) is 11.5 Å². The number of Topliss-reactive ketones (excluding diaryl/α,β-unsaturated/α-hetero) is 4. The van der Waals surface area contributed by atoms with Gasteiger partial charge in [0, 0.05) is 12.1 Å². The molecule has 3 rings (SSSR count). The topological polar surface area (TPSA) is 166 Å². The zero-order valence-electron chi connectivity index (χ0n) is 20.1. The van der Waals surface area contributed by atoms with Gasteiger partial charge in [-0.05, 0) is 30.3 Å². The maximum Gasteiger partial charge on any atom is 0.237 e. The zero-order valence-corrected chi connectivity index (χ0v) is 20.1. The lowest BCUT2D eigenvalue weighted by Crippen LogP contribution is -2.19. The first-order chi connectivity index (χ1) is 17.6. The number of hydrogen-bond acceptors (Lipinski definition) is 11. The molecule has 0 heterocycles. The number of aromatic hydroxyl groups is 3. The van der Waals surface area contributed by atoms with Crippen molar-refractivity contribution in [3.8, 4) is 40.2 Å². The molecule has 0 saturated heterocycles. The van der Waals surface area contributed by atoms with Crippen molar-refractivity contribution >= 4 is 23.1 Å². The summed E-state index contributed by atoms with van der Waals surface area (Å²) in [5.74, 6) is -7.96. The Morgan fingerprint density at radius 2 is 0.838 bits per heavy atom. The summed E-state index contributed by atoms with van der Waals surface area (Å²) in [4.78, 5) is 51.9. The molecule has 0 bridgehead atoms. The van der Waals surface area contributed by atoms with E-state index in [-0.39, 0.29) is 22.6 Å². The standard InChI is InChI=1S/C26H22O11/c1-34-12-5-7-14(18(9-12)36-3)20(27)22(29)16-11-17(25(32)26(33)24(16)31)23(30)21(28)15-8-6-13(35-2)10-19(15)37-4/h5-11,31-33H,1-4H3. The number of carbonyl (C=O) groups is 4. The van der Waals surface area contributed by atoms with Crippen molar-refractivity contribution in [1.82, 2.24) is 0 Å². The highest BCUT2D eigenvalue weighted by Gasteiger charge is 2.32. The minimum Gasteiger partial charge on any atom is -0.504 e. The van der Waals surface area contributed by atoms with Crippen molar-refractivity contribution in [3.63, 3.8) is 0 Å². The van der Waals surface area contributed by atoms with Crippen LogP contribution in [0.3, 0.4) is 0 Å². The second kappa shape index (κ2) is 10.7. The SMILES string of the molecule is COc1ccc(C(=O)C(=O)c2cc(C(=O)C(=O)c3ccc(OC)cc3OC)c(O)c(O)c2O)c(OC)c1. The Morgan fingerprint density at radius 3 is 1.16 bits per heavy atom. The number of hydrogen-bond donors (Lipinski definition) is 3. The van der Waals surface area contributed by atoms with E-state index in [2.05, 4.69) is 0 Å². The van der Waals surface area contributed by atoms with Gasteiger partial charge in [0.25, 0.3) is 0 Å². The predicted octanol–water partition coefficient (Wildman–Crippen LogP) is 2.97. The van der Waals surface area contributed by atoms with Crippen LogP contribution in [0.5, 0.6) is 40.2 Å². The average Bonchev–Trinajstić information content (AvgIpc) is 2.93. The molecule has 0 atom stereocenters. The molecule has 0 aliphatic heterocycles. The molecule has 3 aromatic rings. The van der Waals surface area contributed by atoms with Crippen LogP contribution >= 0.6 is 0 Å². The molecule has 0 amide bonds. The third kappa shape index (κ3) is 4.87. The Hall–Kier alpha value is -5.06. The highest BCUT2D eigenvalue weighted by molar-refractivity contribution is 6.52. The number of phenolic OH excluding ortho intramolecular Hbond substituents is 3. The summed E-state index contributed by atoms with van der Waals surface area (Å²) in [6.07, 6.45) is 0. The number of carbonyl (C=O) groups excluding carboxylic acids is 4. The van der Waals surface area contributed by atoms with E-state index in [4.69, 9.17) is 18.9 Å². The summed E-state index contributed by atoms with van der Waals surface area (Å²) >= 11 is 0. The highest BCUT2D eigenvalue weighted by atomic mass is 16.5. The molecule has 11 nitrogen and oxygen atoms in total. The Morgan fingerprint density at radius 1 is 0.486 bits per heavy atom. The van der Waals surface area contributed by atoms with E-state index in [0.717, 1.165) is 0 Å². The van der Waals surface area contributed by atoms with Crippen LogP contribution in [0, 0.1) is 0 Å². The first-order valence-corrected chi connectivity index (χ1v) is 10.5. The third-order valence-electron chi connectivity index (χ3n) is 5.46. The van der Waals surface area contributed by atoms with Gasteiger partial charge < -0.3 is 34.3 Å². The molecule has 0 unspecified atom stereocenters. The summed E-state index contributed by atoms with van der Waals surface area (Å²) in [6, 6.07) is 8.65. The molecule has 0 radical (unpaired) electrons. The van der Waals surface area contributed by atoms with Crippen LogP contribution in [0.1, 0.15) is 41.4 Å². The van der Waals surface area contributed by atoms with E-state index in [9.17, 15) is 34.5 Å². The molecule has 0 aliphatic rings. The maximum absolute atomic E-state index is 13.0. The van der Waals surface area contributed by atoms with Crippen molar-refractivity contribution in [2.24, 2.45) is 0 Å². The molecule has 3 N–H and O–H groups in total. The fourth-order valence-electron chi connectivity index (χ4n) is 3.46. The van der Waals surface area contributed by atoms with E-state index in [1.54, 1.807) is 0 Å². The summed E-state index contributed by atoms with van der Waals surface area (Å²) in [5, 5.41) is 30.8. The Kier molecular flexibility index (Phi) is 7.67. The first kappa shape index (κ1) is 26.5. The number of rotatable bonds is 10. The molecule has 3 aromatic carbocycles. The molecule has 37 heavy (non-hydrogen) atoms. The van der Waals surface area contributed by atoms with Gasteiger partial charge in [-0.3, -0.25) is 19.2 Å². The number of methoxy groups -OCH3 is 4. The molecule has 0 saturated carbocycles. The van der Waals surface area contributed by atoms with Gasteiger partial charge in [-0.2, -0.15) is 0 Å². The summed E-state index contributed by atoms with van der Waals surface area (Å²) in [7, 11) is 5.30. The van der Waals surface area contributed by atoms with Gasteiger partial charge in [0.05, 0.1) is 50.7 Å². The average molecular weight is 510 g/mol. The van der Waals surface area contributed by atoms with E-state index >= 15 is 0 Å². The molecule has 0 fully saturated rings. The van der Waals surface area contributed by atoms with Crippen molar-refractivity contribution in [1.29, 1.82) is 0 Å². The molecular formula is C26H22O11. The number of benzene rings is 3. The lowest BCUT2D eigenvalue weighted by Gasteiger charge is -2.13. The first-order valence-electron chi connectivity index (χ1n) is 10.5. The lowest BCUT2D eigenvalue weighted by atomic mass is 9.94. The van der Waals surface area contributed by atoms with Crippen molar-refractivity contribution in [3.05, 3.63) is 64.7 Å². The van der Waals surface area contributed by atoms with Crippen LogP contribution in [0.4, 0.5) is 0 Å². The molecule has 0 aliphatic carbocycles. The Bertz CT molecular complexity index is 1320. The molecule has 0 aromatic heterocycles. The minimum absolute atomic E-state index is 0.0155. The quantitative estimate of drug-likeness (QED) is 0.208. The van der Waals surface area contributed by atoms with Crippen LogP contribution < -0.4 is 18.9 Å². The van der Waals surface area contributed by atoms with Gasteiger partial charge in [-0.25, -0.2) is 0 Å². The van der Waals surface area contributed by atoms with Crippen molar-refractivity contribution < 1.29 is 53.4 Å². The Balaban J connectivity index is 2.07. The van der Waals surface area contributed by atoms with Gasteiger partial charge in [-0.15, -0.1) is 0 Å². The van der Waals surface area contributed by atoms with Gasteiger partial charge >= 0.3 is 0 Å². The van der Waals surface area contributed by atoms with Crippen LogP contribution in [-0.4, -0.2) is 66.9 Å². The van der Waals surface area contributed by atoms with Gasteiger partial charge in [0.2, 0.25) is 28.9 Å². The van der Waals surface area contributed by atoms with Gasteiger partial charge in [0.1, 0.15) is 23.0 Å². The summed E-state index contributed by atoms with van der Waals surface area (Å²) < 4.78 is 20.4. The monoisotopic (exact) mass is 510 g/mol. The second-order valence-corrected chi connectivity index (χ2v) is 7.47. The normalized spacial score (nSPS) is 10.4. The molecule has 11 heteroatoms. The van der Waals surface area contributed by atoms with E-state index in [0.29, 0.717) is 17.6 Å². The van der Waals surface area contributed by atoms with Crippen molar-refractivity contribution in [2.75, 3.05) is 28.4 Å². The third-order valence-corrected chi connectivity index (χ3v) is 5.46. The number of ether oxygens (including phenoxy) is 4. The largest absolute Gasteiger partial charge is 0.504 e. The second-order valence-electron chi connectivity index (χ2n) is 7.47. The number of ketones is 4. The van der Waals surface area contributed by atoms with Gasteiger partial charge in [-0.1, -0.05) is 0 Å². The fraction of sp³-hybridized carbons (Fsp3) is 0.154. The minimum atomic E-state index is -1.35. The smallest absolute Gasteiger partial charge is 0.237 e. The Labute approximate surface area is 210 Å². The van der Waals surface area contributed by atoms with E-state index < -0.39 is 51.5 Å². The van der Waals surface area contributed by atoms with Crippen LogP contribution in [0.15, 0.2) is 42.5 Å². The fourth-order valence-corrected chi connectivity index (χ4v) is 3.46. The molecular weight excluding hydrogens is 488 g/mol. The maximum atomic E-state index is 13.0. The molecule has 0 spiro atoms. The predicted molar refractivity (Wildman–Crippen MR) is 128 cm³/mol. The van der Waals surface area contributed by atoms with Crippen molar-refractivity contribution in [2.45, 2.75) is 0 Å². The van der Waals surface area contributed by atoms with Crippen LogP contribution in [0.2, 0.25) is 0 Å². The summed E-state index contributed by atoms with van der Waals surface area (Å²) in [5.41, 5.74) is -2.05. The number of phenols is 3. The van der Waals surface area contributed by atoms with Crippen LogP contribution in [0.25, 0.3) is 0 Å².